The van der Waals surface area contributed by atoms with E-state index in [2.05, 4.69) is 42.6 Å². The Morgan fingerprint density at radius 2 is 2.14 bits per heavy atom. The van der Waals surface area contributed by atoms with Crippen LogP contribution >= 0.6 is 0 Å². The van der Waals surface area contributed by atoms with E-state index in [1.807, 2.05) is 0 Å². The van der Waals surface area contributed by atoms with E-state index in [1.165, 1.54) is 11.1 Å². The van der Waals surface area contributed by atoms with E-state index < -0.39 is 0 Å². The molecular weight excluding hydrogens is 172 g/mol. The van der Waals surface area contributed by atoms with Gasteiger partial charge in [-0.3, -0.25) is 5.32 Å². The fraction of sp³-hybridized carbons (Fsp3) is 0.417. The quantitative estimate of drug-likeness (QED) is 0.720. The highest BCUT2D eigenvalue weighted by molar-refractivity contribution is 5.37. The summed E-state index contributed by atoms with van der Waals surface area (Å²) in [6, 6.07) is 11.0. The molecule has 0 saturated heterocycles. The van der Waals surface area contributed by atoms with Gasteiger partial charge in [0.25, 0.3) is 0 Å². The summed E-state index contributed by atoms with van der Waals surface area (Å²) >= 11 is 0. The maximum atomic E-state index is 8.53. The lowest BCUT2D eigenvalue weighted by Gasteiger charge is -2.10. The van der Waals surface area contributed by atoms with Crippen LogP contribution in [0, 0.1) is 11.3 Å². The summed E-state index contributed by atoms with van der Waals surface area (Å²) in [5.41, 5.74) is 2.80. The van der Waals surface area contributed by atoms with E-state index in [4.69, 9.17) is 5.26 Å². The second kappa shape index (κ2) is 3.81. The van der Waals surface area contributed by atoms with E-state index in [9.17, 15) is 0 Å². The van der Waals surface area contributed by atoms with Crippen molar-refractivity contribution < 1.29 is 0 Å². The first-order valence-electron chi connectivity index (χ1n) is 5.02. The molecule has 2 atom stereocenters. The van der Waals surface area contributed by atoms with Crippen molar-refractivity contribution in [3.63, 3.8) is 0 Å². The Labute approximate surface area is 84.6 Å². The van der Waals surface area contributed by atoms with Gasteiger partial charge in [-0.15, -0.1) is 0 Å². The standard InChI is InChI=1S/C12H14N2/c1-9-8-12(14-7-6-13)11-5-3-2-4-10(9)11/h2-5,9,12,14H,7-8H2,1H3. The van der Waals surface area contributed by atoms with Crippen molar-refractivity contribution in [1.29, 1.82) is 5.26 Å². The summed E-state index contributed by atoms with van der Waals surface area (Å²) < 4.78 is 0. The predicted molar refractivity (Wildman–Crippen MR) is 55.8 cm³/mol. The molecule has 14 heavy (non-hydrogen) atoms. The SMILES string of the molecule is CC1CC(NCC#N)c2ccccc21. The van der Waals surface area contributed by atoms with Crippen LogP contribution in [0.1, 0.15) is 36.4 Å². The third-order valence-corrected chi connectivity index (χ3v) is 2.92. The first kappa shape index (κ1) is 9.23. The van der Waals surface area contributed by atoms with Crippen molar-refractivity contribution in [2.45, 2.75) is 25.3 Å². The molecule has 0 radical (unpaired) electrons. The van der Waals surface area contributed by atoms with Crippen LogP contribution in [0.15, 0.2) is 24.3 Å². The van der Waals surface area contributed by atoms with Crippen LogP contribution in [0.5, 0.6) is 0 Å². The average Bonchev–Trinajstić information content (AvgIpc) is 2.54. The summed E-state index contributed by atoms with van der Waals surface area (Å²) in [5.74, 6) is 0.613. The number of fused-ring (bicyclic) bond motifs is 1. The Balaban J connectivity index is 2.22. The molecule has 2 unspecified atom stereocenters. The Morgan fingerprint density at radius 3 is 2.86 bits per heavy atom. The normalized spacial score (nSPS) is 24.3. The van der Waals surface area contributed by atoms with Gasteiger partial charge < -0.3 is 0 Å². The lowest BCUT2D eigenvalue weighted by Crippen LogP contribution is -2.19. The number of nitriles is 1. The zero-order valence-electron chi connectivity index (χ0n) is 8.33. The first-order valence-corrected chi connectivity index (χ1v) is 5.02. The molecule has 1 aliphatic rings. The fourth-order valence-corrected chi connectivity index (χ4v) is 2.25. The van der Waals surface area contributed by atoms with Crippen LogP contribution < -0.4 is 5.32 Å². The fourth-order valence-electron chi connectivity index (χ4n) is 2.25. The van der Waals surface area contributed by atoms with Crippen molar-refractivity contribution in [1.82, 2.24) is 5.32 Å². The molecule has 0 aliphatic heterocycles. The lowest BCUT2D eigenvalue weighted by molar-refractivity contribution is 0.534. The van der Waals surface area contributed by atoms with Gasteiger partial charge in [-0.1, -0.05) is 31.2 Å². The van der Waals surface area contributed by atoms with Crippen LogP contribution in [0.4, 0.5) is 0 Å². The van der Waals surface area contributed by atoms with Crippen molar-refractivity contribution in [2.75, 3.05) is 6.54 Å². The molecule has 0 aromatic heterocycles. The molecule has 2 heteroatoms. The molecule has 1 aromatic carbocycles. The number of hydrogen-bond donors (Lipinski definition) is 1. The molecule has 1 N–H and O–H groups in total. The number of benzene rings is 1. The van der Waals surface area contributed by atoms with Crippen molar-refractivity contribution in [2.24, 2.45) is 0 Å². The second-order valence-corrected chi connectivity index (χ2v) is 3.86. The molecule has 2 nitrogen and oxygen atoms in total. The molecule has 0 amide bonds. The van der Waals surface area contributed by atoms with Crippen LogP contribution in [-0.4, -0.2) is 6.54 Å². The van der Waals surface area contributed by atoms with Gasteiger partial charge in [0, 0.05) is 6.04 Å². The Bertz CT molecular complexity index is 365. The van der Waals surface area contributed by atoms with Gasteiger partial charge in [0.15, 0.2) is 0 Å². The largest absolute Gasteiger partial charge is 0.298 e. The van der Waals surface area contributed by atoms with E-state index in [0.29, 0.717) is 18.5 Å². The van der Waals surface area contributed by atoms with E-state index in [-0.39, 0.29) is 0 Å². The van der Waals surface area contributed by atoms with Gasteiger partial charge in [0.1, 0.15) is 0 Å². The molecule has 1 aliphatic carbocycles. The summed E-state index contributed by atoms with van der Waals surface area (Å²) in [6.07, 6.45) is 1.11. The monoisotopic (exact) mass is 186 g/mol. The summed E-state index contributed by atoms with van der Waals surface area (Å²) in [4.78, 5) is 0. The number of hydrogen-bond acceptors (Lipinski definition) is 2. The molecule has 0 fully saturated rings. The first-order chi connectivity index (χ1) is 6.83. The average molecular weight is 186 g/mol. The van der Waals surface area contributed by atoms with Crippen LogP contribution in [0.25, 0.3) is 0 Å². The van der Waals surface area contributed by atoms with Gasteiger partial charge in [-0.25, -0.2) is 0 Å². The third-order valence-electron chi connectivity index (χ3n) is 2.92. The van der Waals surface area contributed by atoms with Gasteiger partial charge in [-0.2, -0.15) is 5.26 Å². The minimum atomic E-state index is 0.376. The minimum absolute atomic E-state index is 0.376. The van der Waals surface area contributed by atoms with Crippen molar-refractivity contribution >= 4 is 0 Å². The number of nitrogens with one attached hydrogen (secondary N) is 1. The third kappa shape index (κ3) is 1.51. The van der Waals surface area contributed by atoms with Gasteiger partial charge in [-0.05, 0) is 23.5 Å². The molecule has 0 heterocycles. The van der Waals surface area contributed by atoms with Crippen molar-refractivity contribution in [3.05, 3.63) is 35.4 Å². The highest BCUT2D eigenvalue weighted by Gasteiger charge is 2.26. The van der Waals surface area contributed by atoms with Crippen LogP contribution in [0.3, 0.4) is 0 Å². The highest BCUT2D eigenvalue weighted by atomic mass is 14.9. The summed E-state index contributed by atoms with van der Waals surface area (Å²) in [7, 11) is 0. The summed E-state index contributed by atoms with van der Waals surface area (Å²) in [5, 5.41) is 11.8. The van der Waals surface area contributed by atoms with Crippen LogP contribution in [0.2, 0.25) is 0 Å². The van der Waals surface area contributed by atoms with Gasteiger partial charge in [0.2, 0.25) is 0 Å². The number of nitrogens with zero attached hydrogens (tertiary/aromatic N) is 1. The minimum Gasteiger partial charge on any atom is -0.298 e. The van der Waals surface area contributed by atoms with Crippen molar-refractivity contribution in [3.8, 4) is 6.07 Å². The maximum Gasteiger partial charge on any atom is 0.0845 e. The molecular formula is C12H14N2. The Hall–Kier alpha value is -1.33. The van der Waals surface area contributed by atoms with E-state index in [0.717, 1.165) is 6.42 Å². The Morgan fingerprint density at radius 1 is 1.43 bits per heavy atom. The maximum absolute atomic E-state index is 8.53. The molecule has 2 rings (SSSR count). The molecule has 72 valence electrons. The Kier molecular flexibility index (Phi) is 2.51. The molecule has 0 bridgehead atoms. The van der Waals surface area contributed by atoms with Crippen LogP contribution in [-0.2, 0) is 0 Å². The van der Waals surface area contributed by atoms with Gasteiger partial charge >= 0.3 is 0 Å². The second-order valence-electron chi connectivity index (χ2n) is 3.86. The predicted octanol–water partition coefficient (Wildman–Crippen LogP) is 2.35. The lowest BCUT2D eigenvalue weighted by atomic mass is 10.0. The molecule has 0 saturated carbocycles. The smallest absolute Gasteiger partial charge is 0.0845 e. The zero-order valence-corrected chi connectivity index (χ0v) is 8.33. The molecule has 0 spiro atoms. The molecule has 1 aromatic rings. The van der Waals surface area contributed by atoms with E-state index in [1.54, 1.807) is 0 Å². The summed E-state index contributed by atoms with van der Waals surface area (Å²) in [6.45, 7) is 2.68. The topological polar surface area (TPSA) is 35.8 Å². The zero-order chi connectivity index (χ0) is 9.97. The van der Waals surface area contributed by atoms with E-state index >= 15 is 0 Å². The highest BCUT2D eigenvalue weighted by Crippen LogP contribution is 2.39. The number of rotatable bonds is 2. The van der Waals surface area contributed by atoms with Gasteiger partial charge in [0.05, 0.1) is 12.6 Å².